The van der Waals surface area contributed by atoms with Crippen LogP contribution in [0.15, 0.2) is 18.6 Å². The summed E-state index contributed by atoms with van der Waals surface area (Å²) in [4.78, 5) is 14.2. The Hall–Kier alpha value is -2.18. The van der Waals surface area contributed by atoms with Crippen molar-refractivity contribution >= 4 is 11.9 Å². The van der Waals surface area contributed by atoms with Crippen molar-refractivity contribution in [3.05, 3.63) is 18.6 Å². The molecule has 0 atom stereocenters. The van der Waals surface area contributed by atoms with E-state index in [-0.39, 0.29) is 0 Å². The molecule has 2 aromatic rings. The van der Waals surface area contributed by atoms with Gasteiger partial charge in [0.25, 0.3) is 0 Å². The predicted molar refractivity (Wildman–Crippen MR) is 64.9 cm³/mol. The summed E-state index contributed by atoms with van der Waals surface area (Å²) in [6.07, 6.45) is 3.09. The molecule has 0 spiro atoms. The van der Waals surface area contributed by atoms with Gasteiger partial charge in [0.2, 0.25) is 11.9 Å². The molecule has 0 amide bonds. The van der Waals surface area contributed by atoms with E-state index < -0.39 is 0 Å². The Labute approximate surface area is 99.3 Å². The number of rotatable bonds is 4. The number of nitrogens with zero attached hydrogens (tertiary/aromatic N) is 6. The van der Waals surface area contributed by atoms with Crippen molar-refractivity contribution in [2.45, 2.75) is 13.8 Å². The molecule has 90 valence electrons. The maximum Gasteiger partial charge on any atom is 0.247 e. The fourth-order valence-electron chi connectivity index (χ4n) is 1.53. The standard InChI is InChI=1S/C10H15N7/c1-3-16(4-2)10-14-9(11)17(15-10)8-5-6-12-7-13-8/h5-7H,3-4H2,1-2H3,(H2,11,14,15). The molecule has 0 saturated heterocycles. The first kappa shape index (κ1) is 11.3. The molecule has 2 rings (SSSR count). The molecule has 2 N–H and O–H groups in total. The molecule has 0 radical (unpaired) electrons. The SMILES string of the molecule is CCN(CC)c1nc(N)n(-c2ccncn2)n1. The minimum absolute atomic E-state index is 0.325. The highest BCUT2D eigenvalue weighted by molar-refractivity contribution is 5.39. The van der Waals surface area contributed by atoms with Gasteiger partial charge in [-0.05, 0) is 13.8 Å². The summed E-state index contributed by atoms with van der Waals surface area (Å²) in [6.45, 7) is 5.77. The fraction of sp³-hybridized carbons (Fsp3) is 0.400. The van der Waals surface area contributed by atoms with Crippen molar-refractivity contribution in [1.82, 2.24) is 24.7 Å². The summed E-state index contributed by atoms with van der Waals surface area (Å²) in [5, 5.41) is 4.34. The Morgan fingerprint density at radius 3 is 2.71 bits per heavy atom. The van der Waals surface area contributed by atoms with Crippen LogP contribution in [-0.4, -0.2) is 37.8 Å². The summed E-state index contributed by atoms with van der Waals surface area (Å²) in [5.74, 6) is 1.56. The van der Waals surface area contributed by atoms with Gasteiger partial charge < -0.3 is 10.6 Å². The van der Waals surface area contributed by atoms with Crippen LogP contribution in [0, 0.1) is 0 Å². The average molecular weight is 233 g/mol. The third-order valence-electron chi connectivity index (χ3n) is 2.45. The highest BCUT2D eigenvalue weighted by Gasteiger charge is 2.13. The summed E-state index contributed by atoms with van der Waals surface area (Å²) in [7, 11) is 0. The molecular weight excluding hydrogens is 218 g/mol. The quantitative estimate of drug-likeness (QED) is 0.827. The van der Waals surface area contributed by atoms with Crippen LogP contribution >= 0.6 is 0 Å². The van der Waals surface area contributed by atoms with Gasteiger partial charge in [0.1, 0.15) is 6.33 Å². The first-order chi connectivity index (χ1) is 8.26. The smallest absolute Gasteiger partial charge is 0.247 e. The van der Waals surface area contributed by atoms with Crippen molar-refractivity contribution < 1.29 is 0 Å². The van der Waals surface area contributed by atoms with Gasteiger partial charge in [-0.3, -0.25) is 0 Å². The Bertz CT molecular complexity index is 475. The van der Waals surface area contributed by atoms with Crippen molar-refractivity contribution in [3.63, 3.8) is 0 Å². The zero-order chi connectivity index (χ0) is 12.3. The van der Waals surface area contributed by atoms with Gasteiger partial charge in [-0.25, -0.2) is 9.97 Å². The Morgan fingerprint density at radius 2 is 2.12 bits per heavy atom. The number of aromatic nitrogens is 5. The van der Waals surface area contributed by atoms with E-state index in [0.717, 1.165) is 13.1 Å². The van der Waals surface area contributed by atoms with Gasteiger partial charge >= 0.3 is 0 Å². The van der Waals surface area contributed by atoms with Crippen molar-refractivity contribution in [1.29, 1.82) is 0 Å². The van der Waals surface area contributed by atoms with Crippen LogP contribution in [-0.2, 0) is 0 Å². The number of nitrogens with two attached hydrogens (primary N) is 1. The van der Waals surface area contributed by atoms with Gasteiger partial charge in [0.05, 0.1) is 0 Å². The zero-order valence-corrected chi connectivity index (χ0v) is 9.91. The topological polar surface area (TPSA) is 85.8 Å². The number of hydrogen-bond acceptors (Lipinski definition) is 6. The van der Waals surface area contributed by atoms with Crippen LogP contribution in [0.5, 0.6) is 0 Å². The van der Waals surface area contributed by atoms with E-state index >= 15 is 0 Å². The lowest BCUT2D eigenvalue weighted by Gasteiger charge is -2.15. The number of anilines is 2. The van der Waals surface area contributed by atoms with Crippen LogP contribution in [0.1, 0.15) is 13.8 Å². The summed E-state index contributed by atoms with van der Waals surface area (Å²) in [5.41, 5.74) is 5.82. The van der Waals surface area contributed by atoms with Gasteiger partial charge in [0.15, 0.2) is 5.82 Å². The van der Waals surface area contributed by atoms with Crippen LogP contribution < -0.4 is 10.6 Å². The summed E-state index contributed by atoms with van der Waals surface area (Å²) >= 11 is 0. The van der Waals surface area contributed by atoms with Gasteiger partial charge in [-0.2, -0.15) is 9.67 Å². The van der Waals surface area contributed by atoms with Crippen LogP contribution in [0.3, 0.4) is 0 Å². The average Bonchev–Trinajstić information content (AvgIpc) is 2.74. The van der Waals surface area contributed by atoms with Gasteiger partial charge in [-0.15, -0.1) is 5.10 Å². The lowest BCUT2D eigenvalue weighted by atomic mass is 10.5. The summed E-state index contributed by atoms with van der Waals surface area (Å²) < 4.78 is 1.51. The molecule has 0 fully saturated rings. The Balaban J connectivity index is 2.37. The normalized spacial score (nSPS) is 10.5. The maximum atomic E-state index is 5.82. The Kier molecular flexibility index (Phi) is 3.17. The first-order valence-electron chi connectivity index (χ1n) is 5.50. The number of hydrogen-bond donors (Lipinski definition) is 1. The molecule has 17 heavy (non-hydrogen) atoms. The molecule has 2 heterocycles. The lowest BCUT2D eigenvalue weighted by Crippen LogP contribution is -2.23. The molecule has 0 unspecified atom stereocenters. The molecule has 0 aliphatic heterocycles. The lowest BCUT2D eigenvalue weighted by molar-refractivity contribution is 0.792. The molecule has 0 aliphatic rings. The van der Waals surface area contributed by atoms with Crippen LogP contribution in [0.25, 0.3) is 5.82 Å². The van der Waals surface area contributed by atoms with Gasteiger partial charge in [0, 0.05) is 25.4 Å². The molecular formula is C10H15N7. The molecule has 0 aromatic carbocycles. The molecule has 7 heteroatoms. The monoisotopic (exact) mass is 233 g/mol. The van der Waals surface area contributed by atoms with Crippen molar-refractivity contribution in [2.24, 2.45) is 0 Å². The third kappa shape index (κ3) is 2.17. The van der Waals surface area contributed by atoms with E-state index in [2.05, 4.69) is 20.1 Å². The highest BCUT2D eigenvalue weighted by Crippen LogP contribution is 2.13. The molecule has 2 aromatic heterocycles. The van der Waals surface area contributed by atoms with E-state index in [1.54, 1.807) is 12.3 Å². The molecule has 0 aliphatic carbocycles. The van der Waals surface area contributed by atoms with Crippen molar-refractivity contribution in [2.75, 3.05) is 23.7 Å². The zero-order valence-electron chi connectivity index (χ0n) is 9.91. The fourth-order valence-corrected chi connectivity index (χ4v) is 1.53. The second-order valence-electron chi connectivity index (χ2n) is 3.42. The minimum Gasteiger partial charge on any atom is -0.368 e. The minimum atomic E-state index is 0.325. The molecule has 7 nitrogen and oxygen atoms in total. The van der Waals surface area contributed by atoms with E-state index in [4.69, 9.17) is 5.73 Å². The largest absolute Gasteiger partial charge is 0.368 e. The van der Waals surface area contributed by atoms with E-state index in [9.17, 15) is 0 Å². The predicted octanol–water partition coefficient (Wildman–Crippen LogP) is 0.486. The first-order valence-corrected chi connectivity index (χ1v) is 5.50. The highest BCUT2D eigenvalue weighted by atomic mass is 15.5. The van der Waals surface area contributed by atoms with E-state index in [0.29, 0.717) is 17.7 Å². The second kappa shape index (κ2) is 4.77. The van der Waals surface area contributed by atoms with E-state index in [1.807, 2.05) is 18.7 Å². The summed E-state index contributed by atoms with van der Waals surface area (Å²) in [6, 6.07) is 1.73. The second-order valence-corrected chi connectivity index (χ2v) is 3.42. The maximum absolute atomic E-state index is 5.82. The third-order valence-corrected chi connectivity index (χ3v) is 2.45. The van der Waals surface area contributed by atoms with Gasteiger partial charge in [-0.1, -0.05) is 0 Å². The Morgan fingerprint density at radius 1 is 1.35 bits per heavy atom. The molecule has 0 saturated carbocycles. The van der Waals surface area contributed by atoms with Crippen LogP contribution in [0.4, 0.5) is 11.9 Å². The van der Waals surface area contributed by atoms with Crippen LogP contribution in [0.2, 0.25) is 0 Å². The van der Waals surface area contributed by atoms with E-state index in [1.165, 1.54) is 11.0 Å². The number of nitrogen functional groups attached to an aromatic ring is 1. The van der Waals surface area contributed by atoms with Crippen molar-refractivity contribution in [3.8, 4) is 5.82 Å². The molecule has 0 bridgehead atoms.